The zero-order chi connectivity index (χ0) is 29.1. The van der Waals surface area contributed by atoms with Crippen LogP contribution in [0.25, 0.3) is 5.82 Å². The van der Waals surface area contributed by atoms with E-state index in [9.17, 15) is 23.5 Å². The normalized spacial score (nSPS) is 12.7. The lowest BCUT2D eigenvalue weighted by molar-refractivity contribution is -0.107. The van der Waals surface area contributed by atoms with Crippen molar-refractivity contribution in [2.75, 3.05) is 4.90 Å². The van der Waals surface area contributed by atoms with Gasteiger partial charge in [-0.1, -0.05) is 11.6 Å². The third-order valence-electron chi connectivity index (χ3n) is 5.62. The van der Waals surface area contributed by atoms with Gasteiger partial charge in [0.2, 0.25) is 6.41 Å². The predicted octanol–water partition coefficient (Wildman–Crippen LogP) is 5.76. The van der Waals surface area contributed by atoms with Crippen LogP contribution in [-0.4, -0.2) is 26.1 Å². The Hall–Kier alpha value is -3.41. The predicted molar refractivity (Wildman–Crippen MR) is 147 cm³/mol. The number of carbonyl (C=O) groups excluding carboxylic acids is 1. The monoisotopic (exact) mass is 622 g/mol. The first-order valence-corrected chi connectivity index (χ1v) is 12.7. The van der Waals surface area contributed by atoms with Gasteiger partial charge in [0.25, 0.3) is 5.56 Å². The molecule has 0 spiro atoms. The van der Waals surface area contributed by atoms with Gasteiger partial charge < -0.3 is 9.84 Å². The van der Waals surface area contributed by atoms with E-state index in [2.05, 4.69) is 25.9 Å². The number of hydrogen-bond acceptors (Lipinski definition) is 6. The maximum atomic E-state index is 14.0. The van der Waals surface area contributed by atoms with Crippen molar-refractivity contribution in [3.63, 3.8) is 0 Å². The average molecular weight is 624 g/mol. The molecule has 0 aliphatic heterocycles. The zero-order valence-electron chi connectivity index (χ0n) is 21.8. The van der Waals surface area contributed by atoms with E-state index in [-0.39, 0.29) is 34.5 Å². The van der Waals surface area contributed by atoms with Crippen LogP contribution in [0.1, 0.15) is 44.5 Å². The summed E-state index contributed by atoms with van der Waals surface area (Å²) in [4.78, 5) is 34.7. The Morgan fingerprint density at radius 1 is 1.23 bits per heavy atom. The standard InChI is InChI=1S/C27H26BrClF2N4O4/c1-15-10-33-25(34-12-18(28)7-20(26(34)37)27(4,5)38)9-23(15)35(14-36)16(2)6-24(17(3)29)39-13-22-21(31)8-19(30)11-32-22/h6-12,14,38H,13H2,1-5H3/b16-6-,24-17-. The van der Waals surface area contributed by atoms with Gasteiger partial charge in [0.15, 0.2) is 5.82 Å². The summed E-state index contributed by atoms with van der Waals surface area (Å²) in [6.07, 6.45) is 5.95. The molecule has 39 heavy (non-hydrogen) atoms. The lowest BCUT2D eigenvalue weighted by Gasteiger charge is -2.22. The molecular formula is C27H26BrClF2N4O4. The van der Waals surface area contributed by atoms with E-state index in [1.807, 2.05) is 0 Å². The highest BCUT2D eigenvalue weighted by molar-refractivity contribution is 9.10. The smallest absolute Gasteiger partial charge is 0.262 e. The quantitative estimate of drug-likeness (QED) is 0.185. The minimum atomic E-state index is -1.40. The molecule has 0 saturated carbocycles. The summed E-state index contributed by atoms with van der Waals surface area (Å²) in [5, 5.41) is 10.7. The molecule has 0 bridgehead atoms. The van der Waals surface area contributed by atoms with Gasteiger partial charge in [0.1, 0.15) is 29.7 Å². The van der Waals surface area contributed by atoms with Crippen LogP contribution in [-0.2, 0) is 21.7 Å². The molecule has 12 heteroatoms. The average Bonchev–Trinajstić information content (AvgIpc) is 2.84. The second kappa shape index (κ2) is 12.2. The van der Waals surface area contributed by atoms with Gasteiger partial charge in [-0.15, -0.1) is 0 Å². The van der Waals surface area contributed by atoms with Gasteiger partial charge in [-0.25, -0.2) is 13.8 Å². The fourth-order valence-corrected chi connectivity index (χ4v) is 4.12. The topological polar surface area (TPSA) is 97.5 Å². The number of nitrogens with zero attached hydrogens (tertiary/aromatic N) is 4. The molecular weight excluding hydrogens is 598 g/mol. The van der Waals surface area contributed by atoms with Gasteiger partial charge in [0, 0.05) is 46.3 Å². The van der Waals surface area contributed by atoms with E-state index in [4.69, 9.17) is 16.3 Å². The van der Waals surface area contributed by atoms with E-state index in [0.717, 1.165) is 6.20 Å². The molecule has 3 aromatic heterocycles. The lowest BCUT2D eigenvalue weighted by atomic mass is 10.0. The van der Waals surface area contributed by atoms with Crippen LogP contribution in [0.5, 0.6) is 0 Å². The summed E-state index contributed by atoms with van der Waals surface area (Å²) in [7, 11) is 0. The van der Waals surface area contributed by atoms with Crippen molar-refractivity contribution in [2.45, 2.75) is 46.8 Å². The minimum absolute atomic E-state index is 0.121. The van der Waals surface area contributed by atoms with E-state index in [1.165, 1.54) is 47.9 Å². The first-order chi connectivity index (χ1) is 18.2. The SMILES string of the molecule is C/C(=C/C(OCc1ncc(F)cc1F)=C(\C)Cl)N(C=O)c1cc(-n2cc(Br)cc(C(C)(C)O)c2=O)ncc1C. The molecule has 0 fully saturated rings. The van der Waals surface area contributed by atoms with Crippen LogP contribution in [0.4, 0.5) is 14.5 Å². The Morgan fingerprint density at radius 2 is 1.92 bits per heavy atom. The number of pyridine rings is 3. The lowest BCUT2D eigenvalue weighted by Crippen LogP contribution is -2.31. The summed E-state index contributed by atoms with van der Waals surface area (Å²) in [5.74, 6) is -1.33. The highest BCUT2D eigenvalue weighted by atomic mass is 79.9. The van der Waals surface area contributed by atoms with E-state index >= 15 is 0 Å². The largest absolute Gasteiger partial charge is 0.486 e. The fourth-order valence-electron chi connectivity index (χ4n) is 3.58. The fraction of sp³-hybridized carbons (Fsp3) is 0.259. The number of rotatable bonds is 9. The molecule has 1 amide bonds. The van der Waals surface area contributed by atoms with Crippen LogP contribution >= 0.6 is 27.5 Å². The summed E-state index contributed by atoms with van der Waals surface area (Å²) >= 11 is 9.55. The molecule has 0 atom stereocenters. The highest BCUT2D eigenvalue weighted by Gasteiger charge is 2.23. The molecule has 8 nitrogen and oxygen atoms in total. The number of halogens is 4. The Balaban J connectivity index is 2.00. The Kier molecular flexibility index (Phi) is 9.42. The second-order valence-electron chi connectivity index (χ2n) is 9.16. The zero-order valence-corrected chi connectivity index (χ0v) is 24.1. The van der Waals surface area contributed by atoms with Crippen LogP contribution < -0.4 is 10.5 Å². The summed E-state index contributed by atoms with van der Waals surface area (Å²) in [5.41, 5.74) is -0.430. The van der Waals surface area contributed by atoms with Gasteiger partial charge in [0.05, 0.1) is 22.5 Å². The highest BCUT2D eigenvalue weighted by Crippen LogP contribution is 2.27. The number of anilines is 1. The van der Waals surface area contributed by atoms with Crippen LogP contribution in [0.3, 0.4) is 0 Å². The van der Waals surface area contributed by atoms with Crippen molar-refractivity contribution < 1.29 is 23.4 Å². The Morgan fingerprint density at radius 3 is 2.51 bits per heavy atom. The van der Waals surface area contributed by atoms with E-state index < -0.39 is 22.8 Å². The number of aliphatic hydroxyl groups is 1. The Labute approximate surface area is 237 Å². The van der Waals surface area contributed by atoms with Crippen molar-refractivity contribution >= 4 is 39.6 Å². The second-order valence-corrected chi connectivity index (χ2v) is 10.6. The van der Waals surface area contributed by atoms with Crippen LogP contribution in [0, 0.1) is 18.6 Å². The molecule has 0 aliphatic rings. The van der Waals surface area contributed by atoms with Gasteiger partial charge in [-0.2, -0.15) is 0 Å². The molecule has 0 saturated heterocycles. The molecule has 0 radical (unpaired) electrons. The molecule has 0 aliphatic carbocycles. The molecule has 3 aromatic rings. The van der Waals surface area contributed by atoms with Crippen LogP contribution in [0.15, 0.2) is 68.6 Å². The third kappa shape index (κ3) is 7.17. The number of amides is 1. The number of ether oxygens (including phenoxy) is 1. The molecule has 0 aromatic carbocycles. The van der Waals surface area contributed by atoms with Crippen molar-refractivity contribution in [2.24, 2.45) is 0 Å². The number of hydrogen-bond donors (Lipinski definition) is 1. The molecule has 3 heterocycles. The molecule has 1 N–H and O–H groups in total. The molecule has 206 valence electrons. The maximum absolute atomic E-state index is 14.0. The maximum Gasteiger partial charge on any atom is 0.262 e. The van der Waals surface area contributed by atoms with Gasteiger partial charge >= 0.3 is 0 Å². The number of aryl methyl sites for hydroxylation is 1. The number of allylic oxidation sites excluding steroid dienone is 3. The van der Waals surface area contributed by atoms with E-state index in [0.29, 0.717) is 33.9 Å². The minimum Gasteiger partial charge on any atom is -0.486 e. The molecule has 0 unspecified atom stereocenters. The first-order valence-electron chi connectivity index (χ1n) is 11.6. The Bertz CT molecular complexity index is 1530. The van der Waals surface area contributed by atoms with Crippen molar-refractivity contribution in [3.8, 4) is 5.82 Å². The van der Waals surface area contributed by atoms with Crippen molar-refractivity contribution in [1.82, 2.24) is 14.5 Å². The summed E-state index contributed by atoms with van der Waals surface area (Å²) in [6, 6.07) is 3.79. The first kappa shape index (κ1) is 30.1. The summed E-state index contributed by atoms with van der Waals surface area (Å²) in [6.45, 7) is 7.60. The van der Waals surface area contributed by atoms with E-state index in [1.54, 1.807) is 26.8 Å². The van der Waals surface area contributed by atoms with Crippen molar-refractivity contribution in [3.05, 3.63) is 103 Å². The third-order valence-corrected chi connectivity index (χ3v) is 6.24. The number of aromatic nitrogens is 3. The number of carbonyl (C=O) groups is 1. The summed E-state index contributed by atoms with van der Waals surface area (Å²) < 4.78 is 34.6. The van der Waals surface area contributed by atoms with Gasteiger partial charge in [-0.05, 0) is 62.2 Å². The van der Waals surface area contributed by atoms with Crippen molar-refractivity contribution in [1.29, 1.82) is 0 Å². The van der Waals surface area contributed by atoms with Gasteiger partial charge in [-0.3, -0.25) is 24.0 Å². The molecule has 3 rings (SSSR count). The van der Waals surface area contributed by atoms with Crippen LogP contribution in [0.2, 0.25) is 0 Å².